The molecule has 1 aromatic heterocycles. The molecule has 1 heterocycles. The SMILES string of the molecule is CC(Sc1nncs1)C(=O)NC(C)(C)C. The second-order valence-electron chi connectivity index (χ2n) is 4.20. The van der Waals surface area contributed by atoms with E-state index in [9.17, 15) is 4.79 Å². The number of aromatic nitrogens is 2. The highest BCUT2D eigenvalue weighted by molar-refractivity contribution is 8.02. The maximum absolute atomic E-state index is 11.7. The summed E-state index contributed by atoms with van der Waals surface area (Å²) in [5.74, 6) is 0.0303. The number of thioether (sulfide) groups is 1. The Morgan fingerprint density at radius 2 is 2.27 bits per heavy atom. The molecule has 84 valence electrons. The molecule has 1 atom stereocenters. The van der Waals surface area contributed by atoms with Crippen molar-refractivity contribution in [2.45, 2.75) is 42.8 Å². The van der Waals surface area contributed by atoms with Gasteiger partial charge in [0, 0.05) is 5.54 Å². The topological polar surface area (TPSA) is 54.9 Å². The molecule has 0 spiro atoms. The average Bonchev–Trinajstić information content (AvgIpc) is 2.53. The molecule has 0 aromatic carbocycles. The van der Waals surface area contributed by atoms with Gasteiger partial charge in [0.25, 0.3) is 0 Å². The molecule has 0 radical (unpaired) electrons. The van der Waals surface area contributed by atoms with Crippen LogP contribution in [0.2, 0.25) is 0 Å². The maximum atomic E-state index is 11.7. The highest BCUT2D eigenvalue weighted by atomic mass is 32.2. The van der Waals surface area contributed by atoms with Gasteiger partial charge in [-0.2, -0.15) is 0 Å². The Bertz CT molecular complexity index is 319. The van der Waals surface area contributed by atoms with Crippen LogP contribution in [0.5, 0.6) is 0 Å². The van der Waals surface area contributed by atoms with Gasteiger partial charge in [-0.15, -0.1) is 10.2 Å². The van der Waals surface area contributed by atoms with Crippen molar-refractivity contribution in [1.29, 1.82) is 0 Å². The molecule has 0 aliphatic carbocycles. The molecule has 1 unspecified atom stereocenters. The van der Waals surface area contributed by atoms with Gasteiger partial charge < -0.3 is 5.32 Å². The largest absolute Gasteiger partial charge is 0.351 e. The van der Waals surface area contributed by atoms with Gasteiger partial charge in [0.1, 0.15) is 5.51 Å². The van der Waals surface area contributed by atoms with E-state index >= 15 is 0 Å². The van der Waals surface area contributed by atoms with Crippen molar-refractivity contribution in [2.24, 2.45) is 0 Å². The van der Waals surface area contributed by atoms with Gasteiger partial charge in [0.2, 0.25) is 5.91 Å². The molecule has 0 saturated heterocycles. The van der Waals surface area contributed by atoms with Gasteiger partial charge >= 0.3 is 0 Å². The van der Waals surface area contributed by atoms with Crippen molar-refractivity contribution in [3.8, 4) is 0 Å². The molecular formula is C9H15N3OS2. The summed E-state index contributed by atoms with van der Waals surface area (Å²) in [6, 6.07) is 0. The number of hydrogen-bond acceptors (Lipinski definition) is 5. The van der Waals surface area contributed by atoms with E-state index in [0.29, 0.717) is 0 Å². The first-order valence-corrected chi connectivity index (χ1v) is 6.39. The fourth-order valence-electron chi connectivity index (χ4n) is 0.890. The van der Waals surface area contributed by atoms with Gasteiger partial charge in [-0.1, -0.05) is 23.1 Å². The number of nitrogens with zero attached hydrogens (tertiary/aromatic N) is 2. The summed E-state index contributed by atoms with van der Waals surface area (Å²) in [6.07, 6.45) is 0. The molecule has 0 aliphatic heterocycles. The van der Waals surface area contributed by atoms with Crippen molar-refractivity contribution in [2.75, 3.05) is 0 Å². The monoisotopic (exact) mass is 245 g/mol. The van der Waals surface area contributed by atoms with E-state index in [1.165, 1.54) is 23.1 Å². The first kappa shape index (κ1) is 12.4. The van der Waals surface area contributed by atoms with Gasteiger partial charge in [0.15, 0.2) is 4.34 Å². The lowest BCUT2D eigenvalue weighted by Crippen LogP contribution is -2.44. The highest BCUT2D eigenvalue weighted by Crippen LogP contribution is 2.24. The molecule has 6 heteroatoms. The molecule has 0 bridgehead atoms. The van der Waals surface area contributed by atoms with E-state index in [4.69, 9.17) is 0 Å². The minimum atomic E-state index is -0.187. The normalized spacial score (nSPS) is 13.6. The second-order valence-corrected chi connectivity index (χ2v) is 6.63. The van der Waals surface area contributed by atoms with Crippen molar-refractivity contribution in [1.82, 2.24) is 15.5 Å². The Morgan fingerprint density at radius 1 is 1.60 bits per heavy atom. The summed E-state index contributed by atoms with van der Waals surface area (Å²) >= 11 is 2.88. The lowest BCUT2D eigenvalue weighted by Gasteiger charge is -2.22. The standard InChI is InChI=1S/C9H15N3OS2/c1-6(7(13)11-9(2,3)4)15-8-12-10-5-14-8/h5-6H,1-4H3,(H,11,13). The number of carbonyl (C=O) groups is 1. The van der Waals surface area contributed by atoms with Gasteiger partial charge in [0.05, 0.1) is 5.25 Å². The minimum Gasteiger partial charge on any atom is -0.351 e. The van der Waals surface area contributed by atoms with Gasteiger partial charge in [-0.25, -0.2) is 0 Å². The second kappa shape index (κ2) is 4.94. The lowest BCUT2D eigenvalue weighted by atomic mass is 10.1. The number of carbonyl (C=O) groups excluding carboxylic acids is 1. The lowest BCUT2D eigenvalue weighted by molar-refractivity contribution is -0.121. The molecule has 1 amide bonds. The predicted molar refractivity (Wildman–Crippen MR) is 63.1 cm³/mol. The van der Waals surface area contributed by atoms with Crippen molar-refractivity contribution >= 4 is 29.0 Å². The Morgan fingerprint density at radius 3 is 2.73 bits per heavy atom. The zero-order chi connectivity index (χ0) is 11.5. The van der Waals surface area contributed by atoms with Crippen LogP contribution in [0.3, 0.4) is 0 Å². The summed E-state index contributed by atoms with van der Waals surface area (Å²) in [5, 5.41) is 10.4. The summed E-state index contributed by atoms with van der Waals surface area (Å²) in [5.41, 5.74) is 1.48. The molecule has 1 N–H and O–H groups in total. The van der Waals surface area contributed by atoms with Crippen LogP contribution in [0.4, 0.5) is 0 Å². The fraction of sp³-hybridized carbons (Fsp3) is 0.667. The van der Waals surface area contributed by atoms with E-state index in [2.05, 4.69) is 15.5 Å². The Balaban J connectivity index is 2.47. The predicted octanol–water partition coefficient (Wildman–Crippen LogP) is 1.93. The quantitative estimate of drug-likeness (QED) is 0.827. The van der Waals surface area contributed by atoms with E-state index in [0.717, 1.165) is 4.34 Å². The summed E-state index contributed by atoms with van der Waals surface area (Å²) in [6.45, 7) is 7.76. The molecule has 1 rings (SSSR count). The first-order chi connectivity index (χ1) is 6.88. The molecule has 0 aliphatic rings. The average molecular weight is 245 g/mol. The van der Waals surface area contributed by atoms with Gasteiger partial charge in [-0.05, 0) is 27.7 Å². The highest BCUT2D eigenvalue weighted by Gasteiger charge is 2.20. The van der Waals surface area contributed by atoms with Crippen LogP contribution in [0.15, 0.2) is 9.85 Å². The van der Waals surface area contributed by atoms with E-state index in [-0.39, 0.29) is 16.7 Å². The van der Waals surface area contributed by atoms with Crippen LogP contribution in [-0.4, -0.2) is 26.9 Å². The third-order valence-corrected chi connectivity index (χ3v) is 3.40. The first-order valence-electron chi connectivity index (χ1n) is 4.63. The Hall–Kier alpha value is -0.620. The number of hydrogen-bond donors (Lipinski definition) is 1. The molecule has 1 aromatic rings. The summed E-state index contributed by atoms with van der Waals surface area (Å²) in [7, 11) is 0. The van der Waals surface area contributed by atoms with Crippen molar-refractivity contribution < 1.29 is 4.79 Å². The van der Waals surface area contributed by atoms with Crippen LogP contribution in [0, 0.1) is 0 Å². The summed E-state index contributed by atoms with van der Waals surface area (Å²) in [4.78, 5) is 11.7. The smallest absolute Gasteiger partial charge is 0.233 e. The number of nitrogens with one attached hydrogen (secondary N) is 1. The Kier molecular flexibility index (Phi) is 4.10. The third kappa shape index (κ3) is 4.61. The zero-order valence-corrected chi connectivity index (χ0v) is 10.9. The molecular weight excluding hydrogens is 230 g/mol. The number of rotatable bonds is 3. The van der Waals surface area contributed by atoms with Crippen LogP contribution in [-0.2, 0) is 4.79 Å². The van der Waals surface area contributed by atoms with Crippen molar-refractivity contribution in [3.05, 3.63) is 5.51 Å². The summed E-state index contributed by atoms with van der Waals surface area (Å²) < 4.78 is 0.826. The molecule has 0 fully saturated rings. The van der Waals surface area contributed by atoms with Crippen LogP contribution >= 0.6 is 23.1 Å². The fourth-order valence-corrected chi connectivity index (χ4v) is 2.52. The van der Waals surface area contributed by atoms with E-state index in [1.54, 1.807) is 5.51 Å². The Labute approximate surface area is 97.9 Å². The van der Waals surface area contributed by atoms with Crippen LogP contribution < -0.4 is 5.32 Å². The molecule has 0 saturated carbocycles. The van der Waals surface area contributed by atoms with E-state index in [1.807, 2.05) is 27.7 Å². The minimum absolute atomic E-state index is 0.0303. The third-order valence-electron chi connectivity index (χ3n) is 1.49. The van der Waals surface area contributed by atoms with Crippen molar-refractivity contribution in [3.63, 3.8) is 0 Å². The van der Waals surface area contributed by atoms with E-state index < -0.39 is 0 Å². The van der Waals surface area contributed by atoms with Crippen LogP contribution in [0.1, 0.15) is 27.7 Å². The van der Waals surface area contributed by atoms with Crippen LogP contribution in [0.25, 0.3) is 0 Å². The zero-order valence-electron chi connectivity index (χ0n) is 9.27. The maximum Gasteiger partial charge on any atom is 0.233 e. The molecule has 4 nitrogen and oxygen atoms in total. The number of amides is 1. The molecule has 15 heavy (non-hydrogen) atoms. The van der Waals surface area contributed by atoms with Gasteiger partial charge in [-0.3, -0.25) is 4.79 Å².